The van der Waals surface area contributed by atoms with Crippen molar-refractivity contribution in [2.75, 3.05) is 32.1 Å². The van der Waals surface area contributed by atoms with Gasteiger partial charge in [0.05, 0.1) is 13.2 Å². The van der Waals surface area contributed by atoms with Gasteiger partial charge in [-0.05, 0) is 54.8 Å². The predicted molar refractivity (Wildman–Crippen MR) is 149 cm³/mol. The van der Waals surface area contributed by atoms with E-state index in [0.717, 1.165) is 16.7 Å². The van der Waals surface area contributed by atoms with Crippen molar-refractivity contribution in [2.24, 2.45) is 5.92 Å². The molecule has 0 saturated carbocycles. The van der Waals surface area contributed by atoms with Crippen LogP contribution in [0.25, 0.3) is 11.1 Å². The Hall–Kier alpha value is -3.40. The maximum Gasteiger partial charge on any atom is 0.321 e. The van der Waals surface area contributed by atoms with Gasteiger partial charge in [-0.2, -0.15) is 4.31 Å². The molecule has 4 rings (SSSR count). The van der Waals surface area contributed by atoms with E-state index in [4.69, 9.17) is 4.74 Å². The van der Waals surface area contributed by atoms with E-state index < -0.39 is 22.2 Å². The molecule has 0 spiro atoms. The van der Waals surface area contributed by atoms with Crippen molar-refractivity contribution in [1.82, 2.24) is 9.21 Å². The van der Waals surface area contributed by atoms with Gasteiger partial charge in [0.2, 0.25) is 10.0 Å². The van der Waals surface area contributed by atoms with Crippen LogP contribution < -0.4 is 10.1 Å². The minimum absolute atomic E-state index is 0.0448. The van der Waals surface area contributed by atoms with Crippen LogP contribution in [0.2, 0.25) is 0 Å². The van der Waals surface area contributed by atoms with E-state index in [1.165, 1.54) is 9.21 Å². The first-order chi connectivity index (χ1) is 18.1. The second kappa shape index (κ2) is 11.6. The van der Waals surface area contributed by atoms with Crippen molar-refractivity contribution >= 4 is 21.7 Å². The summed E-state index contributed by atoms with van der Waals surface area (Å²) >= 11 is 0. The SMILES string of the molecule is Cc1ccccc1-c1ccc2c(c1)O[C@@H](CN(C)C(=O)Nc1ccccc1)[C@H](C)CN([C@H](C)CO)S2(=O)=O. The molecule has 0 unspecified atom stereocenters. The Balaban J connectivity index is 1.71. The number of urea groups is 1. The highest BCUT2D eigenvalue weighted by Crippen LogP contribution is 2.37. The van der Waals surface area contributed by atoms with Crippen LogP contribution in [0.1, 0.15) is 19.4 Å². The smallest absolute Gasteiger partial charge is 0.321 e. The summed E-state index contributed by atoms with van der Waals surface area (Å²) in [5.74, 6) is -0.0460. The number of aliphatic hydroxyl groups is 1. The molecule has 0 fully saturated rings. The van der Waals surface area contributed by atoms with Crippen molar-refractivity contribution in [3.05, 3.63) is 78.4 Å². The van der Waals surface area contributed by atoms with Crippen LogP contribution in [0, 0.1) is 12.8 Å². The molecule has 0 aliphatic carbocycles. The van der Waals surface area contributed by atoms with Gasteiger partial charge in [0.1, 0.15) is 16.7 Å². The van der Waals surface area contributed by atoms with Gasteiger partial charge in [-0.25, -0.2) is 13.2 Å². The van der Waals surface area contributed by atoms with E-state index in [0.29, 0.717) is 5.69 Å². The van der Waals surface area contributed by atoms with Gasteiger partial charge in [-0.1, -0.05) is 55.5 Å². The third-order valence-corrected chi connectivity index (χ3v) is 8.97. The fraction of sp³-hybridized carbons (Fsp3) is 0.345. The molecule has 3 aromatic carbocycles. The molecule has 0 radical (unpaired) electrons. The lowest BCUT2D eigenvalue weighted by Crippen LogP contribution is -2.50. The van der Waals surface area contributed by atoms with Crippen LogP contribution in [0.15, 0.2) is 77.7 Å². The molecule has 0 aromatic heterocycles. The van der Waals surface area contributed by atoms with Crippen molar-refractivity contribution < 1.29 is 23.1 Å². The van der Waals surface area contributed by atoms with Crippen LogP contribution in [0.3, 0.4) is 0 Å². The van der Waals surface area contributed by atoms with Gasteiger partial charge in [0, 0.05) is 31.2 Å². The second-order valence-electron chi connectivity index (χ2n) is 9.89. The van der Waals surface area contributed by atoms with Gasteiger partial charge >= 0.3 is 6.03 Å². The number of benzene rings is 3. The molecule has 202 valence electrons. The quantitative estimate of drug-likeness (QED) is 0.479. The maximum atomic E-state index is 13.7. The van der Waals surface area contributed by atoms with Crippen LogP contribution in [0.4, 0.5) is 10.5 Å². The van der Waals surface area contributed by atoms with Gasteiger partial charge in [-0.15, -0.1) is 0 Å². The molecular weight excluding hydrogens is 502 g/mol. The number of nitrogens with one attached hydrogen (secondary N) is 1. The minimum Gasteiger partial charge on any atom is -0.487 e. The molecule has 1 aliphatic heterocycles. The first-order valence-corrected chi connectivity index (χ1v) is 14.1. The van der Waals surface area contributed by atoms with E-state index >= 15 is 0 Å². The van der Waals surface area contributed by atoms with Crippen molar-refractivity contribution in [1.29, 1.82) is 0 Å². The summed E-state index contributed by atoms with van der Waals surface area (Å²) < 4.78 is 35.2. The number of amides is 2. The highest BCUT2D eigenvalue weighted by Gasteiger charge is 2.38. The third-order valence-electron chi connectivity index (χ3n) is 6.95. The number of para-hydroxylation sites is 1. The Morgan fingerprint density at radius 2 is 1.82 bits per heavy atom. The number of likely N-dealkylation sites (N-methyl/N-ethyl adjacent to an activating group) is 1. The molecule has 1 aliphatic rings. The third kappa shape index (κ3) is 5.85. The Morgan fingerprint density at radius 1 is 1.13 bits per heavy atom. The number of fused-ring (bicyclic) bond motifs is 1. The highest BCUT2D eigenvalue weighted by atomic mass is 32.2. The number of hydrogen-bond donors (Lipinski definition) is 2. The van der Waals surface area contributed by atoms with E-state index in [2.05, 4.69) is 5.32 Å². The number of ether oxygens (including phenoxy) is 1. The molecule has 0 saturated heterocycles. The molecule has 38 heavy (non-hydrogen) atoms. The number of aliphatic hydroxyl groups excluding tert-OH is 1. The maximum absolute atomic E-state index is 13.7. The Bertz CT molecular complexity index is 1380. The molecule has 2 amide bonds. The van der Waals surface area contributed by atoms with E-state index in [9.17, 15) is 18.3 Å². The fourth-order valence-corrected chi connectivity index (χ4v) is 6.43. The van der Waals surface area contributed by atoms with E-state index in [-0.39, 0.29) is 42.3 Å². The summed E-state index contributed by atoms with van der Waals surface area (Å²) in [6, 6.07) is 21.2. The minimum atomic E-state index is -3.95. The zero-order valence-corrected chi connectivity index (χ0v) is 23.0. The monoisotopic (exact) mass is 537 g/mol. The van der Waals surface area contributed by atoms with Gasteiger partial charge in [-0.3, -0.25) is 0 Å². The first-order valence-electron chi connectivity index (χ1n) is 12.7. The molecule has 1 heterocycles. The van der Waals surface area contributed by atoms with Crippen LogP contribution >= 0.6 is 0 Å². The second-order valence-corrected chi connectivity index (χ2v) is 11.8. The van der Waals surface area contributed by atoms with Gasteiger partial charge in [0.15, 0.2) is 0 Å². The number of nitrogens with zero attached hydrogens (tertiary/aromatic N) is 2. The topological polar surface area (TPSA) is 99.2 Å². The average Bonchev–Trinajstić information content (AvgIpc) is 2.90. The summed E-state index contributed by atoms with van der Waals surface area (Å²) in [6.45, 7) is 5.64. The van der Waals surface area contributed by atoms with Crippen molar-refractivity contribution in [3.63, 3.8) is 0 Å². The zero-order chi connectivity index (χ0) is 27.4. The average molecular weight is 538 g/mol. The summed E-state index contributed by atoms with van der Waals surface area (Å²) in [6.07, 6.45) is -0.503. The number of sulfonamides is 1. The molecule has 3 atom stereocenters. The summed E-state index contributed by atoms with van der Waals surface area (Å²) in [5.41, 5.74) is 3.54. The molecule has 8 nitrogen and oxygen atoms in total. The van der Waals surface area contributed by atoms with Crippen molar-refractivity contribution in [2.45, 2.75) is 37.8 Å². The van der Waals surface area contributed by atoms with Crippen LogP contribution in [-0.4, -0.2) is 67.7 Å². The van der Waals surface area contributed by atoms with Crippen LogP contribution in [0.5, 0.6) is 5.75 Å². The Labute approximate surface area is 224 Å². The highest BCUT2D eigenvalue weighted by molar-refractivity contribution is 7.89. The molecule has 2 N–H and O–H groups in total. The standard InChI is InChI=1S/C29H35N3O5S/c1-20-10-8-9-13-25(20)23-14-15-28-26(16-23)37-27(21(2)17-32(22(3)19-33)38(28,35)36)18-31(4)29(34)30-24-11-6-5-7-12-24/h5-16,21-22,27,33H,17-19H2,1-4H3,(H,30,34)/t21-,22-,27+/m1/s1. The summed E-state index contributed by atoms with van der Waals surface area (Å²) in [5, 5.41) is 12.7. The Morgan fingerprint density at radius 3 is 2.50 bits per heavy atom. The number of aryl methyl sites for hydroxylation is 1. The lowest BCUT2D eigenvalue weighted by Gasteiger charge is -2.37. The number of hydrogen-bond acceptors (Lipinski definition) is 5. The molecule has 9 heteroatoms. The zero-order valence-electron chi connectivity index (χ0n) is 22.2. The number of anilines is 1. The van der Waals surface area contributed by atoms with E-state index in [1.54, 1.807) is 32.2 Å². The largest absolute Gasteiger partial charge is 0.487 e. The lowest BCUT2D eigenvalue weighted by atomic mass is 10.00. The number of carbonyl (C=O) groups excluding carboxylic acids is 1. The predicted octanol–water partition coefficient (Wildman–Crippen LogP) is 4.59. The van der Waals surface area contributed by atoms with Gasteiger partial charge < -0.3 is 20.1 Å². The van der Waals surface area contributed by atoms with E-state index in [1.807, 2.05) is 68.4 Å². The lowest BCUT2D eigenvalue weighted by molar-refractivity contribution is 0.0830. The number of carbonyl (C=O) groups is 1. The molecular formula is C29H35N3O5S. The molecule has 3 aromatic rings. The first kappa shape index (κ1) is 27.6. The molecule has 0 bridgehead atoms. The van der Waals surface area contributed by atoms with Crippen LogP contribution in [-0.2, 0) is 10.0 Å². The van der Waals surface area contributed by atoms with Crippen molar-refractivity contribution in [3.8, 4) is 16.9 Å². The van der Waals surface area contributed by atoms with Gasteiger partial charge in [0.25, 0.3) is 0 Å². The Kier molecular flexibility index (Phi) is 8.40. The fourth-order valence-electron chi connectivity index (χ4n) is 4.60. The summed E-state index contributed by atoms with van der Waals surface area (Å²) in [7, 11) is -2.27. The summed E-state index contributed by atoms with van der Waals surface area (Å²) in [4.78, 5) is 14.5. The number of rotatable bonds is 6. The normalized spacial score (nSPS) is 19.8.